The van der Waals surface area contributed by atoms with Gasteiger partial charge in [0, 0.05) is 13.0 Å². The van der Waals surface area contributed by atoms with Crippen molar-refractivity contribution >= 4 is 0 Å². The Bertz CT molecular complexity index is 305. The third-order valence-electron chi connectivity index (χ3n) is 2.26. The third-order valence-corrected chi connectivity index (χ3v) is 2.26. The van der Waals surface area contributed by atoms with E-state index in [1.807, 2.05) is 24.3 Å². The van der Waals surface area contributed by atoms with Crippen LogP contribution in [0.2, 0.25) is 0 Å². The van der Waals surface area contributed by atoms with Crippen molar-refractivity contribution in [1.82, 2.24) is 0 Å². The fraction of sp³-hybridized carbons (Fsp3) is 0.385. The molecule has 1 aromatic rings. The molecule has 3 heteroatoms. The van der Waals surface area contributed by atoms with E-state index in [0.29, 0.717) is 19.6 Å². The number of benzene rings is 1. The van der Waals surface area contributed by atoms with Gasteiger partial charge in [0.15, 0.2) is 0 Å². The zero-order valence-electron chi connectivity index (χ0n) is 9.56. The maximum atomic E-state index is 9.21. The van der Waals surface area contributed by atoms with Crippen LogP contribution in [-0.2, 0) is 11.3 Å². The molecule has 0 heterocycles. The fourth-order valence-corrected chi connectivity index (χ4v) is 1.23. The molecule has 0 aliphatic carbocycles. The molecule has 1 aromatic carbocycles. The summed E-state index contributed by atoms with van der Waals surface area (Å²) in [5, 5.41) is 9.21. The number of aliphatic hydroxyl groups is 1. The zero-order chi connectivity index (χ0) is 11.8. The first kappa shape index (κ1) is 12.7. The van der Waals surface area contributed by atoms with Crippen molar-refractivity contribution in [2.45, 2.75) is 19.1 Å². The van der Waals surface area contributed by atoms with Crippen molar-refractivity contribution in [3.05, 3.63) is 42.5 Å². The molecule has 0 radical (unpaired) electrons. The highest BCUT2D eigenvalue weighted by Crippen LogP contribution is 2.12. The fourth-order valence-electron chi connectivity index (χ4n) is 1.23. The van der Waals surface area contributed by atoms with Gasteiger partial charge in [-0.1, -0.05) is 18.2 Å². The number of methoxy groups -OCH3 is 1. The summed E-state index contributed by atoms with van der Waals surface area (Å²) < 4.78 is 10.5. The Morgan fingerprint density at radius 2 is 2.06 bits per heavy atom. The van der Waals surface area contributed by atoms with Gasteiger partial charge < -0.3 is 14.6 Å². The molecule has 16 heavy (non-hydrogen) atoms. The van der Waals surface area contributed by atoms with Crippen molar-refractivity contribution in [3.63, 3.8) is 0 Å². The normalized spacial score (nSPS) is 12.1. The van der Waals surface area contributed by atoms with E-state index in [9.17, 15) is 5.11 Å². The first-order valence-electron chi connectivity index (χ1n) is 5.27. The van der Waals surface area contributed by atoms with Gasteiger partial charge in [-0.25, -0.2) is 0 Å². The Kier molecular flexibility index (Phi) is 5.61. The van der Waals surface area contributed by atoms with Crippen LogP contribution in [0.3, 0.4) is 0 Å². The van der Waals surface area contributed by atoms with Crippen LogP contribution in [0.4, 0.5) is 0 Å². The van der Waals surface area contributed by atoms with Crippen LogP contribution in [0, 0.1) is 0 Å². The predicted octanol–water partition coefficient (Wildman–Crippen LogP) is 2.15. The van der Waals surface area contributed by atoms with Gasteiger partial charge in [0.25, 0.3) is 0 Å². The van der Waals surface area contributed by atoms with Crippen molar-refractivity contribution in [1.29, 1.82) is 0 Å². The zero-order valence-corrected chi connectivity index (χ0v) is 9.56. The van der Waals surface area contributed by atoms with E-state index in [1.165, 1.54) is 6.08 Å². The molecule has 1 rings (SSSR count). The van der Waals surface area contributed by atoms with Crippen molar-refractivity contribution in [2.24, 2.45) is 0 Å². The van der Waals surface area contributed by atoms with Crippen LogP contribution in [0.15, 0.2) is 36.9 Å². The highest BCUT2D eigenvalue weighted by molar-refractivity contribution is 5.26. The molecule has 0 saturated carbocycles. The van der Waals surface area contributed by atoms with Crippen LogP contribution in [0.1, 0.15) is 12.0 Å². The van der Waals surface area contributed by atoms with Crippen molar-refractivity contribution in [3.8, 4) is 5.75 Å². The van der Waals surface area contributed by atoms with Crippen molar-refractivity contribution < 1.29 is 14.6 Å². The molecule has 3 nitrogen and oxygen atoms in total. The quantitative estimate of drug-likeness (QED) is 0.567. The number of hydrogen-bond donors (Lipinski definition) is 1. The van der Waals surface area contributed by atoms with E-state index < -0.39 is 6.10 Å². The van der Waals surface area contributed by atoms with E-state index in [0.717, 1.165) is 11.3 Å². The summed E-state index contributed by atoms with van der Waals surface area (Å²) in [7, 11) is 1.64. The van der Waals surface area contributed by atoms with E-state index in [4.69, 9.17) is 9.47 Å². The van der Waals surface area contributed by atoms with Crippen LogP contribution >= 0.6 is 0 Å². The number of aliphatic hydroxyl groups excluding tert-OH is 1. The SMILES string of the molecule is C=C[C@@H](O)CCOCc1ccc(OC)cc1. The second-order valence-corrected chi connectivity index (χ2v) is 3.49. The minimum Gasteiger partial charge on any atom is -0.497 e. The van der Waals surface area contributed by atoms with Crippen LogP contribution in [-0.4, -0.2) is 24.9 Å². The predicted molar refractivity (Wildman–Crippen MR) is 63.5 cm³/mol. The molecule has 1 N–H and O–H groups in total. The van der Waals surface area contributed by atoms with Gasteiger partial charge in [-0.3, -0.25) is 0 Å². The molecule has 0 unspecified atom stereocenters. The standard InChI is InChI=1S/C13H18O3/c1-3-12(14)8-9-16-10-11-4-6-13(15-2)7-5-11/h3-7,12,14H,1,8-10H2,2H3/t12-/m1/s1. The van der Waals surface area contributed by atoms with Gasteiger partial charge in [-0.15, -0.1) is 6.58 Å². The lowest BCUT2D eigenvalue weighted by Crippen LogP contribution is -2.06. The summed E-state index contributed by atoms with van der Waals surface area (Å²) in [6, 6.07) is 7.72. The minimum absolute atomic E-state index is 0.476. The second-order valence-electron chi connectivity index (χ2n) is 3.49. The molecule has 0 aliphatic rings. The Balaban J connectivity index is 2.24. The summed E-state index contributed by atoms with van der Waals surface area (Å²) in [4.78, 5) is 0. The molecule has 0 spiro atoms. The molecule has 0 aromatic heterocycles. The number of ether oxygens (including phenoxy) is 2. The lowest BCUT2D eigenvalue weighted by Gasteiger charge is -2.07. The average Bonchev–Trinajstić information content (AvgIpc) is 2.35. The molecule has 1 atom stereocenters. The Morgan fingerprint density at radius 3 is 2.62 bits per heavy atom. The molecule has 0 amide bonds. The minimum atomic E-state index is -0.476. The lowest BCUT2D eigenvalue weighted by molar-refractivity contribution is 0.0884. The highest BCUT2D eigenvalue weighted by atomic mass is 16.5. The maximum absolute atomic E-state index is 9.21. The average molecular weight is 222 g/mol. The summed E-state index contributed by atoms with van der Waals surface area (Å²) >= 11 is 0. The van der Waals surface area contributed by atoms with Crippen LogP contribution in [0.25, 0.3) is 0 Å². The van der Waals surface area contributed by atoms with Gasteiger partial charge in [0.2, 0.25) is 0 Å². The second kappa shape index (κ2) is 7.04. The number of hydrogen-bond acceptors (Lipinski definition) is 3. The number of rotatable bonds is 7. The molecular weight excluding hydrogens is 204 g/mol. The van der Waals surface area contributed by atoms with Gasteiger partial charge in [-0.05, 0) is 17.7 Å². The third kappa shape index (κ3) is 4.47. The van der Waals surface area contributed by atoms with Gasteiger partial charge in [0.1, 0.15) is 5.75 Å². The summed E-state index contributed by atoms with van der Waals surface area (Å²) in [6.07, 6.45) is 1.62. The Morgan fingerprint density at radius 1 is 1.38 bits per heavy atom. The van der Waals surface area contributed by atoms with Crippen molar-refractivity contribution in [2.75, 3.05) is 13.7 Å². The van der Waals surface area contributed by atoms with Crippen LogP contribution in [0.5, 0.6) is 5.75 Å². The first-order chi connectivity index (χ1) is 7.76. The summed E-state index contributed by atoms with van der Waals surface area (Å²) in [5.41, 5.74) is 1.09. The first-order valence-corrected chi connectivity index (χ1v) is 5.27. The van der Waals surface area contributed by atoms with E-state index in [2.05, 4.69) is 6.58 Å². The van der Waals surface area contributed by atoms with Gasteiger partial charge in [0.05, 0.1) is 19.8 Å². The van der Waals surface area contributed by atoms with Gasteiger partial charge in [-0.2, -0.15) is 0 Å². The molecule has 0 fully saturated rings. The molecule has 0 bridgehead atoms. The smallest absolute Gasteiger partial charge is 0.118 e. The Labute approximate surface area is 96.3 Å². The topological polar surface area (TPSA) is 38.7 Å². The van der Waals surface area contributed by atoms with E-state index in [1.54, 1.807) is 7.11 Å². The monoisotopic (exact) mass is 222 g/mol. The molecule has 0 saturated heterocycles. The molecular formula is C13H18O3. The summed E-state index contributed by atoms with van der Waals surface area (Å²) in [6.45, 7) is 4.57. The van der Waals surface area contributed by atoms with E-state index in [-0.39, 0.29) is 0 Å². The highest BCUT2D eigenvalue weighted by Gasteiger charge is 1.98. The molecule has 0 aliphatic heterocycles. The largest absolute Gasteiger partial charge is 0.497 e. The van der Waals surface area contributed by atoms with E-state index >= 15 is 0 Å². The Hall–Kier alpha value is -1.32. The maximum Gasteiger partial charge on any atom is 0.118 e. The summed E-state index contributed by atoms with van der Waals surface area (Å²) in [5.74, 6) is 0.839. The molecule has 88 valence electrons. The van der Waals surface area contributed by atoms with Crippen LogP contribution < -0.4 is 4.74 Å². The lowest BCUT2D eigenvalue weighted by atomic mass is 10.2. The van der Waals surface area contributed by atoms with Gasteiger partial charge >= 0.3 is 0 Å².